The van der Waals surface area contributed by atoms with Crippen molar-refractivity contribution >= 4 is 23.2 Å². The average molecular weight is 293 g/mol. The van der Waals surface area contributed by atoms with Gasteiger partial charge in [-0.05, 0) is 42.3 Å². The Kier molecular flexibility index (Phi) is 4.25. The van der Waals surface area contributed by atoms with Crippen molar-refractivity contribution in [3.63, 3.8) is 0 Å². The summed E-state index contributed by atoms with van der Waals surface area (Å²) >= 11 is 5.96. The van der Waals surface area contributed by atoms with Crippen LogP contribution < -0.4 is 11.1 Å². The zero-order valence-corrected chi connectivity index (χ0v) is 11.7. The van der Waals surface area contributed by atoms with Crippen LogP contribution >= 0.6 is 11.6 Å². The Morgan fingerprint density at radius 1 is 1.35 bits per heavy atom. The second-order valence-electron chi connectivity index (χ2n) is 4.43. The highest BCUT2D eigenvalue weighted by molar-refractivity contribution is 6.31. The fourth-order valence-corrected chi connectivity index (χ4v) is 2.18. The lowest BCUT2D eigenvalue weighted by Gasteiger charge is -2.12. The van der Waals surface area contributed by atoms with Crippen molar-refractivity contribution in [3.8, 4) is 0 Å². The van der Waals surface area contributed by atoms with Crippen molar-refractivity contribution in [1.82, 2.24) is 0 Å². The number of benzene rings is 2. The third kappa shape index (κ3) is 3.08. The third-order valence-corrected chi connectivity index (χ3v) is 3.44. The van der Waals surface area contributed by atoms with Gasteiger partial charge in [0.1, 0.15) is 5.82 Å². The molecule has 1 amide bonds. The largest absolute Gasteiger partial charge is 0.381 e. The van der Waals surface area contributed by atoms with E-state index in [1.165, 1.54) is 12.1 Å². The van der Waals surface area contributed by atoms with Crippen LogP contribution in [0.5, 0.6) is 0 Å². The van der Waals surface area contributed by atoms with E-state index in [4.69, 9.17) is 17.3 Å². The van der Waals surface area contributed by atoms with Crippen LogP contribution in [-0.4, -0.2) is 5.91 Å². The van der Waals surface area contributed by atoms with Crippen LogP contribution in [0, 0.1) is 12.7 Å². The number of carbonyl (C=O) groups excluding carboxylic acids is 1. The van der Waals surface area contributed by atoms with E-state index in [9.17, 15) is 9.18 Å². The van der Waals surface area contributed by atoms with Gasteiger partial charge in [0.15, 0.2) is 0 Å². The highest BCUT2D eigenvalue weighted by atomic mass is 35.5. The van der Waals surface area contributed by atoms with Gasteiger partial charge in [-0.15, -0.1) is 0 Å². The standard InChI is InChI=1S/C15H14ClFN2O/c1-9-12(15(18)20)3-2-4-14(9)19-8-10-5-6-11(17)7-13(10)16/h2-7,19H,8H2,1H3,(H2,18,20). The van der Waals surface area contributed by atoms with Gasteiger partial charge in [-0.25, -0.2) is 4.39 Å². The summed E-state index contributed by atoms with van der Waals surface area (Å²) in [7, 11) is 0. The van der Waals surface area contributed by atoms with Crippen LogP contribution in [0.1, 0.15) is 21.5 Å². The molecule has 0 aromatic heterocycles. The number of nitrogens with two attached hydrogens (primary N) is 1. The number of carbonyl (C=O) groups is 1. The molecular formula is C15H14ClFN2O. The molecule has 20 heavy (non-hydrogen) atoms. The van der Waals surface area contributed by atoms with Gasteiger partial charge in [0.25, 0.3) is 0 Å². The lowest BCUT2D eigenvalue weighted by atomic mass is 10.1. The Morgan fingerprint density at radius 2 is 2.10 bits per heavy atom. The maximum absolute atomic E-state index is 13.0. The van der Waals surface area contributed by atoms with Gasteiger partial charge in [0, 0.05) is 22.8 Å². The molecule has 0 spiro atoms. The molecule has 0 heterocycles. The summed E-state index contributed by atoms with van der Waals surface area (Å²) in [5, 5.41) is 3.53. The van der Waals surface area contributed by atoms with Gasteiger partial charge in [0.2, 0.25) is 5.91 Å². The smallest absolute Gasteiger partial charge is 0.249 e. The van der Waals surface area contributed by atoms with Gasteiger partial charge in [-0.2, -0.15) is 0 Å². The van der Waals surface area contributed by atoms with Gasteiger partial charge < -0.3 is 11.1 Å². The quantitative estimate of drug-likeness (QED) is 0.906. The Balaban J connectivity index is 2.19. The molecule has 0 unspecified atom stereocenters. The highest BCUT2D eigenvalue weighted by Gasteiger charge is 2.09. The van der Waals surface area contributed by atoms with Crippen LogP contribution in [0.3, 0.4) is 0 Å². The normalized spacial score (nSPS) is 10.3. The number of hydrogen-bond acceptors (Lipinski definition) is 2. The van der Waals surface area contributed by atoms with Gasteiger partial charge in [0.05, 0.1) is 0 Å². The molecule has 104 valence electrons. The number of anilines is 1. The lowest BCUT2D eigenvalue weighted by Crippen LogP contribution is -2.14. The first-order valence-corrected chi connectivity index (χ1v) is 6.44. The minimum atomic E-state index is -0.467. The molecule has 2 aromatic carbocycles. The van der Waals surface area contributed by atoms with E-state index in [1.54, 1.807) is 18.2 Å². The molecule has 0 aliphatic rings. The molecule has 3 N–H and O–H groups in total. The van der Waals surface area contributed by atoms with E-state index < -0.39 is 5.91 Å². The first-order valence-electron chi connectivity index (χ1n) is 6.06. The van der Waals surface area contributed by atoms with Crippen molar-refractivity contribution < 1.29 is 9.18 Å². The van der Waals surface area contributed by atoms with Crippen molar-refractivity contribution in [1.29, 1.82) is 0 Å². The summed E-state index contributed by atoms with van der Waals surface area (Å²) in [5.41, 5.74) is 8.12. The highest BCUT2D eigenvalue weighted by Crippen LogP contribution is 2.22. The molecule has 2 rings (SSSR count). The fourth-order valence-electron chi connectivity index (χ4n) is 1.95. The van der Waals surface area contributed by atoms with Crippen LogP contribution in [0.4, 0.5) is 10.1 Å². The minimum absolute atomic E-state index is 0.362. The predicted octanol–water partition coefficient (Wildman–Crippen LogP) is 3.50. The number of nitrogens with one attached hydrogen (secondary N) is 1. The summed E-state index contributed by atoms with van der Waals surface area (Å²) in [6.45, 7) is 2.25. The van der Waals surface area contributed by atoms with Crippen molar-refractivity contribution in [2.24, 2.45) is 5.73 Å². The zero-order chi connectivity index (χ0) is 14.7. The second-order valence-corrected chi connectivity index (χ2v) is 4.84. The summed E-state index contributed by atoms with van der Waals surface area (Å²) in [5.74, 6) is -0.836. The lowest BCUT2D eigenvalue weighted by molar-refractivity contribution is 0.1000. The van der Waals surface area contributed by atoms with Crippen molar-refractivity contribution in [2.45, 2.75) is 13.5 Å². The molecule has 5 heteroatoms. The maximum Gasteiger partial charge on any atom is 0.249 e. The molecular weight excluding hydrogens is 279 g/mol. The Morgan fingerprint density at radius 3 is 2.75 bits per heavy atom. The van der Waals surface area contributed by atoms with Crippen molar-refractivity contribution in [2.75, 3.05) is 5.32 Å². The van der Waals surface area contributed by atoms with Gasteiger partial charge >= 0.3 is 0 Å². The van der Waals surface area contributed by atoms with Gasteiger partial charge in [-0.1, -0.05) is 23.7 Å². The first-order chi connectivity index (χ1) is 9.49. The Bertz CT molecular complexity index is 658. The fraction of sp³-hybridized carbons (Fsp3) is 0.133. The molecule has 0 saturated heterocycles. The number of amides is 1. The van der Waals surface area contributed by atoms with E-state index >= 15 is 0 Å². The Hall–Kier alpha value is -2.07. The number of halogens is 2. The first kappa shape index (κ1) is 14.3. The van der Waals surface area contributed by atoms with Crippen molar-refractivity contribution in [3.05, 3.63) is 63.9 Å². The molecule has 0 aliphatic carbocycles. The average Bonchev–Trinajstić information content (AvgIpc) is 2.39. The van der Waals surface area contributed by atoms with E-state index in [0.717, 1.165) is 16.8 Å². The molecule has 3 nitrogen and oxygen atoms in total. The Labute approximate surface area is 121 Å². The number of rotatable bonds is 4. The van der Waals surface area contributed by atoms with Crippen LogP contribution in [0.15, 0.2) is 36.4 Å². The van der Waals surface area contributed by atoms with E-state index in [0.29, 0.717) is 17.1 Å². The van der Waals surface area contributed by atoms with E-state index in [1.807, 2.05) is 13.0 Å². The number of hydrogen-bond donors (Lipinski definition) is 2. The number of primary amides is 1. The SMILES string of the molecule is Cc1c(NCc2ccc(F)cc2Cl)cccc1C(N)=O. The molecule has 2 aromatic rings. The predicted molar refractivity (Wildman–Crippen MR) is 78.4 cm³/mol. The van der Waals surface area contributed by atoms with Crippen LogP contribution in [0.2, 0.25) is 5.02 Å². The third-order valence-electron chi connectivity index (χ3n) is 3.08. The minimum Gasteiger partial charge on any atom is -0.381 e. The van der Waals surface area contributed by atoms with Gasteiger partial charge in [-0.3, -0.25) is 4.79 Å². The molecule has 0 saturated carbocycles. The molecule has 0 fully saturated rings. The summed E-state index contributed by atoms with van der Waals surface area (Å²) in [6.07, 6.45) is 0. The van der Waals surface area contributed by atoms with Crippen LogP contribution in [0.25, 0.3) is 0 Å². The summed E-state index contributed by atoms with van der Waals surface area (Å²) in [6, 6.07) is 9.52. The molecule has 0 atom stereocenters. The maximum atomic E-state index is 13.0. The topological polar surface area (TPSA) is 55.1 Å². The molecule has 0 radical (unpaired) electrons. The molecule has 0 bridgehead atoms. The zero-order valence-electron chi connectivity index (χ0n) is 10.9. The van der Waals surface area contributed by atoms with E-state index in [2.05, 4.69) is 5.32 Å². The monoisotopic (exact) mass is 292 g/mol. The molecule has 0 aliphatic heterocycles. The summed E-state index contributed by atoms with van der Waals surface area (Å²) < 4.78 is 13.0. The van der Waals surface area contributed by atoms with E-state index in [-0.39, 0.29) is 5.82 Å². The summed E-state index contributed by atoms with van der Waals surface area (Å²) in [4.78, 5) is 11.3. The second kappa shape index (κ2) is 5.92. The van der Waals surface area contributed by atoms with Crippen LogP contribution in [-0.2, 0) is 6.54 Å².